The van der Waals surface area contributed by atoms with Crippen LogP contribution in [0.25, 0.3) is 0 Å². The van der Waals surface area contributed by atoms with Crippen LogP contribution in [-0.4, -0.2) is 5.11 Å². The average molecular weight is 312 g/mol. The summed E-state index contributed by atoms with van der Waals surface area (Å²) in [7, 11) is 0. The number of hydrogen-bond acceptors (Lipinski definition) is 1. The van der Waals surface area contributed by atoms with E-state index in [4.69, 9.17) is 12.2 Å². The van der Waals surface area contributed by atoms with Crippen molar-refractivity contribution in [3.8, 4) is 0 Å². The summed E-state index contributed by atoms with van der Waals surface area (Å²) < 4.78 is 0. The molecule has 2 rings (SSSR count). The van der Waals surface area contributed by atoms with Gasteiger partial charge in [-0.05, 0) is 49.2 Å². The molecule has 0 radical (unpaired) electrons. The van der Waals surface area contributed by atoms with Crippen molar-refractivity contribution in [3.63, 3.8) is 0 Å². The Morgan fingerprint density at radius 1 is 1.00 bits per heavy atom. The van der Waals surface area contributed by atoms with Gasteiger partial charge in [0.1, 0.15) is 0 Å². The molecule has 0 amide bonds. The zero-order valence-electron chi connectivity index (χ0n) is 13.5. The van der Waals surface area contributed by atoms with Crippen molar-refractivity contribution < 1.29 is 0 Å². The normalized spacial score (nSPS) is 12.0. The first-order valence-corrected chi connectivity index (χ1v) is 8.14. The minimum absolute atomic E-state index is 0.228. The predicted octanol–water partition coefficient (Wildman–Crippen LogP) is 5.07. The number of benzene rings is 2. The first-order valence-electron chi connectivity index (χ1n) is 7.73. The molecule has 1 atom stereocenters. The summed E-state index contributed by atoms with van der Waals surface area (Å²) >= 11 is 5.48. The third-order valence-electron chi connectivity index (χ3n) is 3.52. The molecule has 0 aliphatic heterocycles. The number of nitrogens with one attached hydrogen (secondary N) is 2. The Balaban J connectivity index is 2.03. The van der Waals surface area contributed by atoms with Crippen LogP contribution in [0.2, 0.25) is 0 Å². The van der Waals surface area contributed by atoms with Gasteiger partial charge in [0.25, 0.3) is 0 Å². The number of aryl methyl sites for hydroxylation is 1. The van der Waals surface area contributed by atoms with Gasteiger partial charge in [-0.15, -0.1) is 0 Å². The fraction of sp³-hybridized carbons (Fsp3) is 0.316. The largest absolute Gasteiger partial charge is 0.356 e. The van der Waals surface area contributed by atoms with E-state index in [-0.39, 0.29) is 6.04 Å². The lowest BCUT2D eigenvalue weighted by atomic mass is 9.97. The molecule has 0 bridgehead atoms. The third kappa shape index (κ3) is 5.15. The molecule has 0 saturated heterocycles. The van der Waals surface area contributed by atoms with E-state index in [1.807, 2.05) is 18.2 Å². The molecule has 0 heterocycles. The van der Waals surface area contributed by atoms with Gasteiger partial charge in [-0.1, -0.05) is 61.9 Å². The molecule has 2 nitrogen and oxygen atoms in total. The van der Waals surface area contributed by atoms with Gasteiger partial charge >= 0.3 is 0 Å². The van der Waals surface area contributed by atoms with Gasteiger partial charge in [-0.25, -0.2) is 0 Å². The van der Waals surface area contributed by atoms with Crippen LogP contribution in [0.3, 0.4) is 0 Å². The Morgan fingerprint density at radius 2 is 1.64 bits per heavy atom. The molecular weight excluding hydrogens is 288 g/mol. The average Bonchev–Trinajstić information content (AvgIpc) is 2.49. The van der Waals surface area contributed by atoms with Crippen molar-refractivity contribution >= 4 is 23.0 Å². The van der Waals surface area contributed by atoms with Crippen molar-refractivity contribution in [3.05, 3.63) is 65.7 Å². The van der Waals surface area contributed by atoms with Crippen molar-refractivity contribution in [1.29, 1.82) is 0 Å². The minimum atomic E-state index is 0.228. The number of hydrogen-bond donors (Lipinski definition) is 2. The topological polar surface area (TPSA) is 24.1 Å². The third-order valence-corrected chi connectivity index (χ3v) is 3.74. The zero-order valence-corrected chi connectivity index (χ0v) is 14.3. The fourth-order valence-electron chi connectivity index (χ4n) is 2.40. The van der Waals surface area contributed by atoms with Gasteiger partial charge in [0.05, 0.1) is 6.04 Å². The van der Waals surface area contributed by atoms with Crippen molar-refractivity contribution in [2.45, 2.75) is 33.2 Å². The summed E-state index contributed by atoms with van der Waals surface area (Å²) in [5, 5.41) is 7.38. The van der Waals surface area contributed by atoms with Crippen LogP contribution in [0, 0.1) is 12.8 Å². The molecule has 2 aromatic rings. The Labute approximate surface area is 139 Å². The SMILES string of the molecule is Cc1ccc(NC(=S)N[C@@H](CC(C)C)c2ccccc2)cc1. The van der Waals surface area contributed by atoms with Gasteiger partial charge in [0.2, 0.25) is 0 Å². The fourth-order valence-corrected chi connectivity index (χ4v) is 2.66. The standard InChI is InChI=1S/C19H24N2S/c1-14(2)13-18(16-7-5-4-6-8-16)21-19(22)20-17-11-9-15(3)10-12-17/h4-12,14,18H,13H2,1-3H3,(H2,20,21,22)/t18-/m0/s1. The molecule has 22 heavy (non-hydrogen) atoms. The van der Waals surface area contributed by atoms with Crippen LogP contribution in [0.5, 0.6) is 0 Å². The van der Waals surface area contributed by atoms with Gasteiger partial charge in [-0.3, -0.25) is 0 Å². The van der Waals surface area contributed by atoms with E-state index < -0.39 is 0 Å². The van der Waals surface area contributed by atoms with Gasteiger partial charge in [0, 0.05) is 5.69 Å². The second-order valence-corrected chi connectivity index (χ2v) is 6.47. The molecule has 0 aromatic heterocycles. The van der Waals surface area contributed by atoms with Gasteiger partial charge in [0.15, 0.2) is 5.11 Å². The molecule has 0 aliphatic rings. The molecule has 3 heteroatoms. The van der Waals surface area contributed by atoms with E-state index >= 15 is 0 Å². The van der Waals surface area contributed by atoms with Crippen LogP contribution in [-0.2, 0) is 0 Å². The van der Waals surface area contributed by atoms with Crippen LogP contribution >= 0.6 is 12.2 Å². The maximum absolute atomic E-state index is 5.48. The van der Waals surface area contributed by atoms with E-state index in [1.54, 1.807) is 0 Å². The van der Waals surface area contributed by atoms with Gasteiger partial charge in [-0.2, -0.15) is 0 Å². The lowest BCUT2D eigenvalue weighted by Crippen LogP contribution is -2.33. The molecular formula is C19H24N2S. The second-order valence-electron chi connectivity index (χ2n) is 6.06. The molecule has 116 valence electrons. The minimum Gasteiger partial charge on any atom is -0.356 e. The Bertz CT molecular complexity index is 591. The van der Waals surface area contributed by atoms with E-state index in [0.717, 1.165) is 12.1 Å². The summed E-state index contributed by atoms with van der Waals surface area (Å²) in [4.78, 5) is 0. The summed E-state index contributed by atoms with van der Waals surface area (Å²) in [5.41, 5.74) is 3.52. The van der Waals surface area contributed by atoms with Gasteiger partial charge < -0.3 is 10.6 Å². The predicted molar refractivity (Wildman–Crippen MR) is 99.2 cm³/mol. The monoisotopic (exact) mass is 312 g/mol. The van der Waals surface area contributed by atoms with Crippen LogP contribution in [0.15, 0.2) is 54.6 Å². The highest BCUT2D eigenvalue weighted by molar-refractivity contribution is 7.80. The number of anilines is 1. The molecule has 0 unspecified atom stereocenters. The summed E-state index contributed by atoms with van der Waals surface area (Å²) in [6.07, 6.45) is 1.04. The molecule has 0 saturated carbocycles. The lowest BCUT2D eigenvalue weighted by Gasteiger charge is -2.23. The smallest absolute Gasteiger partial charge is 0.171 e. The Morgan fingerprint density at radius 3 is 2.23 bits per heavy atom. The first kappa shape index (κ1) is 16.5. The lowest BCUT2D eigenvalue weighted by molar-refractivity contribution is 0.481. The van der Waals surface area contributed by atoms with Crippen LogP contribution in [0.1, 0.15) is 37.4 Å². The molecule has 2 aromatic carbocycles. The number of thiocarbonyl (C=S) groups is 1. The first-order chi connectivity index (χ1) is 10.5. The Hall–Kier alpha value is -1.87. The maximum Gasteiger partial charge on any atom is 0.171 e. The summed E-state index contributed by atoms with van der Waals surface area (Å²) in [6.45, 7) is 6.54. The Kier molecular flexibility index (Phi) is 5.96. The second kappa shape index (κ2) is 7.95. The van der Waals surface area contributed by atoms with Crippen LogP contribution in [0.4, 0.5) is 5.69 Å². The van der Waals surface area contributed by atoms with E-state index in [0.29, 0.717) is 11.0 Å². The molecule has 0 aliphatic carbocycles. The van der Waals surface area contributed by atoms with Crippen LogP contribution < -0.4 is 10.6 Å². The van der Waals surface area contributed by atoms with Crippen molar-refractivity contribution in [2.24, 2.45) is 5.92 Å². The highest BCUT2D eigenvalue weighted by Gasteiger charge is 2.14. The van der Waals surface area contributed by atoms with E-state index in [2.05, 4.69) is 67.8 Å². The van der Waals surface area contributed by atoms with E-state index in [1.165, 1.54) is 11.1 Å². The number of rotatable bonds is 5. The quantitative estimate of drug-likeness (QED) is 0.754. The van der Waals surface area contributed by atoms with Crippen molar-refractivity contribution in [1.82, 2.24) is 5.32 Å². The molecule has 0 spiro atoms. The molecule has 0 fully saturated rings. The maximum atomic E-state index is 5.48. The highest BCUT2D eigenvalue weighted by Crippen LogP contribution is 2.21. The van der Waals surface area contributed by atoms with Crippen molar-refractivity contribution in [2.75, 3.05) is 5.32 Å². The van der Waals surface area contributed by atoms with E-state index in [9.17, 15) is 0 Å². The highest BCUT2D eigenvalue weighted by atomic mass is 32.1. The molecule has 2 N–H and O–H groups in total. The zero-order chi connectivity index (χ0) is 15.9. The summed E-state index contributed by atoms with van der Waals surface area (Å²) in [5.74, 6) is 0.597. The summed E-state index contributed by atoms with van der Waals surface area (Å²) in [6, 6.07) is 18.9.